The minimum Gasteiger partial charge on any atom is -0.466 e. The standard InChI is InChI=1S/C35H32NO6PS/c1-2-41-32(38)24-33(39)44-31-23-30(37)36(31)34(35(40)42-25-26-15-7-3-8-16-26)43(27-17-9-4-10-18-27,28-19-11-5-12-20-28)29-21-13-6-14-22-29/h3-22,31H,2,23-25H2,1H3. The number of ether oxygens (including phenoxy) is 2. The van der Waals surface area contributed by atoms with Crippen molar-refractivity contribution in [1.29, 1.82) is 0 Å². The normalized spacial score (nSPS) is 14.3. The number of likely N-dealkylation sites (tertiary alicyclic amines) is 1. The van der Waals surface area contributed by atoms with E-state index < -0.39 is 35.7 Å². The maximum atomic E-state index is 14.6. The van der Waals surface area contributed by atoms with E-state index in [2.05, 4.69) is 0 Å². The van der Waals surface area contributed by atoms with E-state index in [0.29, 0.717) is 0 Å². The van der Waals surface area contributed by atoms with Crippen LogP contribution in [0.25, 0.3) is 0 Å². The Labute approximate surface area is 261 Å². The highest BCUT2D eigenvalue weighted by atomic mass is 32.2. The Bertz CT molecular complexity index is 1580. The molecule has 1 atom stereocenters. The number of carbonyl (C=O) groups excluding carboxylic acids is 4. The average Bonchev–Trinajstić information content (AvgIpc) is 3.05. The first-order valence-electron chi connectivity index (χ1n) is 14.3. The van der Waals surface area contributed by atoms with Gasteiger partial charge >= 0.3 is 11.9 Å². The predicted octanol–water partition coefficient (Wildman–Crippen LogP) is 4.63. The fourth-order valence-corrected chi connectivity index (χ4v) is 10.7. The molecule has 1 heterocycles. The number of hydrogen-bond acceptors (Lipinski definition) is 7. The average molecular weight is 626 g/mol. The van der Waals surface area contributed by atoms with E-state index in [9.17, 15) is 19.2 Å². The fourth-order valence-electron chi connectivity index (χ4n) is 5.21. The number of carbonyl (C=O) groups is 4. The van der Waals surface area contributed by atoms with E-state index in [1.54, 1.807) is 6.92 Å². The van der Waals surface area contributed by atoms with Crippen LogP contribution in [0.4, 0.5) is 0 Å². The van der Waals surface area contributed by atoms with Crippen molar-refractivity contribution < 1.29 is 28.7 Å². The summed E-state index contributed by atoms with van der Waals surface area (Å²) in [6.07, 6.45) is -0.395. The van der Waals surface area contributed by atoms with Gasteiger partial charge in [-0.3, -0.25) is 19.3 Å². The summed E-state index contributed by atoms with van der Waals surface area (Å²) in [5, 5.41) is 1.42. The maximum absolute atomic E-state index is 14.6. The molecule has 5 rings (SSSR count). The number of esters is 2. The van der Waals surface area contributed by atoms with Crippen LogP contribution in [0.2, 0.25) is 0 Å². The van der Waals surface area contributed by atoms with Crippen molar-refractivity contribution in [2.45, 2.75) is 31.7 Å². The Morgan fingerprint density at radius 2 is 1.23 bits per heavy atom. The van der Waals surface area contributed by atoms with Crippen LogP contribution >= 0.6 is 18.6 Å². The summed E-state index contributed by atoms with van der Waals surface area (Å²) in [5.74, 6) is -1.58. The van der Waals surface area contributed by atoms with E-state index in [0.717, 1.165) is 33.2 Å². The first-order valence-corrected chi connectivity index (χ1v) is 16.9. The second-order valence-electron chi connectivity index (χ2n) is 9.96. The van der Waals surface area contributed by atoms with Gasteiger partial charge in [-0.1, -0.05) is 133 Å². The highest BCUT2D eigenvalue weighted by molar-refractivity contribution is 8.14. The van der Waals surface area contributed by atoms with Crippen molar-refractivity contribution in [3.05, 3.63) is 127 Å². The first-order chi connectivity index (χ1) is 21.4. The molecule has 1 fully saturated rings. The summed E-state index contributed by atoms with van der Waals surface area (Å²) in [5.41, 5.74) is 0.989. The Morgan fingerprint density at radius 3 is 1.68 bits per heavy atom. The number of hydrogen-bond donors (Lipinski definition) is 0. The highest BCUT2D eigenvalue weighted by Crippen LogP contribution is 2.49. The van der Waals surface area contributed by atoms with Crippen LogP contribution in [0.15, 0.2) is 121 Å². The quantitative estimate of drug-likeness (QED) is 0.104. The van der Waals surface area contributed by atoms with Crippen molar-refractivity contribution in [2.75, 3.05) is 6.61 Å². The molecule has 4 aromatic carbocycles. The number of amides is 1. The third-order valence-electron chi connectivity index (χ3n) is 7.14. The Kier molecular flexibility index (Phi) is 10.2. The molecule has 0 N–H and O–H groups in total. The molecule has 44 heavy (non-hydrogen) atoms. The van der Waals surface area contributed by atoms with Gasteiger partial charge in [0.1, 0.15) is 18.4 Å². The third kappa shape index (κ3) is 6.57. The van der Waals surface area contributed by atoms with E-state index >= 15 is 0 Å². The van der Waals surface area contributed by atoms with E-state index in [4.69, 9.17) is 9.47 Å². The molecule has 0 aromatic heterocycles. The number of β-lactam (4-membered cyclic amide) rings is 1. The Hall–Kier alpha value is -4.39. The number of nitrogens with zero attached hydrogens (tertiary/aromatic N) is 1. The van der Waals surface area contributed by atoms with Gasteiger partial charge in [0.15, 0.2) is 0 Å². The molecule has 0 aliphatic carbocycles. The monoisotopic (exact) mass is 625 g/mol. The molecule has 0 bridgehead atoms. The number of benzene rings is 4. The molecular weight excluding hydrogens is 593 g/mol. The van der Waals surface area contributed by atoms with Crippen molar-refractivity contribution >= 4 is 62.9 Å². The van der Waals surface area contributed by atoms with E-state index in [1.165, 1.54) is 4.90 Å². The molecule has 1 unspecified atom stereocenters. The summed E-state index contributed by atoms with van der Waals surface area (Å²) >= 11 is 0.869. The molecule has 1 aliphatic rings. The summed E-state index contributed by atoms with van der Waals surface area (Å²) in [6, 6.07) is 38.3. The summed E-state index contributed by atoms with van der Waals surface area (Å²) in [7, 11) is 0. The lowest BCUT2D eigenvalue weighted by molar-refractivity contribution is -0.144. The third-order valence-corrected chi connectivity index (χ3v) is 12.4. The molecule has 4 aromatic rings. The second-order valence-corrected chi connectivity index (χ2v) is 14.5. The lowest BCUT2D eigenvalue weighted by Gasteiger charge is -2.44. The van der Waals surface area contributed by atoms with Crippen LogP contribution in [0.5, 0.6) is 0 Å². The van der Waals surface area contributed by atoms with Gasteiger partial charge in [-0.15, -0.1) is 0 Å². The zero-order chi connectivity index (χ0) is 30.9. The molecule has 9 heteroatoms. The Balaban J connectivity index is 1.75. The lowest BCUT2D eigenvalue weighted by Crippen LogP contribution is -2.58. The van der Waals surface area contributed by atoms with Gasteiger partial charge in [0.05, 0.1) is 18.4 Å². The zero-order valence-electron chi connectivity index (χ0n) is 24.2. The van der Waals surface area contributed by atoms with Gasteiger partial charge in [0.25, 0.3) is 0 Å². The molecule has 0 radical (unpaired) electrons. The highest BCUT2D eigenvalue weighted by Gasteiger charge is 2.48. The molecule has 1 amide bonds. The lowest BCUT2D eigenvalue weighted by atomic mass is 10.2. The summed E-state index contributed by atoms with van der Waals surface area (Å²) in [4.78, 5) is 54.6. The Morgan fingerprint density at radius 1 is 0.750 bits per heavy atom. The van der Waals surface area contributed by atoms with Crippen molar-refractivity contribution in [1.82, 2.24) is 4.90 Å². The molecule has 0 saturated carbocycles. The van der Waals surface area contributed by atoms with Crippen LogP contribution in [-0.2, 0) is 35.3 Å². The van der Waals surface area contributed by atoms with Crippen LogP contribution in [-0.4, -0.2) is 45.3 Å². The van der Waals surface area contributed by atoms with Gasteiger partial charge in [-0.2, -0.15) is 0 Å². The van der Waals surface area contributed by atoms with Gasteiger partial charge in [-0.05, 0) is 28.4 Å². The number of rotatable bonds is 11. The van der Waals surface area contributed by atoms with Gasteiger partial charge < -0.3 is 9.47 Å². The van der Waals surface area contributed by atoms with Gasteiger partial charge in [0, 0.05) is 6.89 Å². The molecule has 224 valence electrons. The minimum absolute atomic E-state index is 0.00315. The molecule has 1 saturated heterocycles. The second kappa shape index (κ2) is 14.4. The van der Waals surface area contributed by atoms with E-state index in [-0.39, 0.29) is 31.0 Å². The summed E-state index contributed by atoms with van der Waals surface area (Å²) in [6.45, 7) is -1.25. The van der Waals surface area contributed by atoms with Gasteiger partial charge in [-0.25, -0.2) is 4.79 Å². The van der Waals surface area contributed by atoms with Crippen LogP contribution in [0, 0.1) is 0 Å². The van der Waals surface area contributed by atoms with Crippen molar-refractivity contribution in [3.63, 3.8) is 0 Å². The van der Waals surface area contributed by atoms with Crippen molar-refractivity contribution in [2.24, 2.45) is 0 Å². The maximum Gasteiger partial charge on any atom is 0.356 e. The fraction of sp³-hybridized carbons (Fsp3) is 0.171. The molecule has 7 nitrogen and oxygen atoms in total. The molecule has 0 spiro atoms. The van der Waals surface area contributed by atoms with Crippen molar-refractivity contribution in [3.8, 4) is 0 Å². The minimum atomic E-state index is -3.09. The SMILES string of the molecule is CCOC(=O)CC(=O)SC1CC(=O)N1C(C(=O)OCc1ccccc1)=P(c1ccccc1)(c1ccccc1)c1ccccc1. The topological polar surface area (TPSA) is 90.0 Å². The molecular formula is C35H32NO6PS. The van der Waals surface area contributed by atoms with E-state index in [1.807, 2.05) is 121 Å². The number of thioether (sulfide) groups is 1. The van der Waals surface area contributed by atoms with Crippen LogP contribution in [0.1, 0.15) is 25.3 Å². The van der Waals surface area contributed by atoms with Crippen LogP contribution in [0.3, 0.4) is 0 Å². The zero-order valence-corrected chi connectivity index (χ0v) is 25.9. The van der Waals surface area contributed by atoms with Gasteiger partial charge in [0.2, 0.25) is 11.0 Å². The molecule has 1 aliphatic heterocycles. The summed E-state index contributed by atoms with van der Waals surface area (Å²) < 4.78 is 11.0. The first kappa shape index (κ1) is 31.0. The van der Waals surface area contributed by atoms with Crippen LogP contribution < -0.4 is 15.9 Å². The smallest absolute Gasteiger partial charge is 0.356 e. The predicted molar refractivity (Wildman–Crippen MR) is 175 cm³/mol. The largest absolute Gasteiger partial charge is 0.466 e.